The summed E-state index contributed by atoms with van der Waals surface area (Å²) in [4.78, 5) is 27.4. The largest absolute Gasteiger partial charge is 0.507 e. The quantitative estimate of drug-likeness (QED) is 0.258. The van der Waals surface area contributed by atoms with Crippen molar-refractivity contribution >= 4 is 16.9 Å². The molecule has 0 aliphatic rings. The highest BCUT2D eigenvalue weighted by atomic mass is 19.4. The van der Waals surface area contributed by atoms with Crippen LogP contribution in [0, 0.1) is 11.8 Å². The molecule has 0 radical (unpaired) electrons. The van der Waals surface area contributed by atoms with E-state index in [-0.39, 0.29) is 58.6 Å². The summed E-state index contributed by atoms with van der Waals surface area (Å²) in [7, 11) is 0. The molecule has 3 aromatic rings. The van der Waals surface area contributed by atoms with Crippen molar-refractivity contribution < 1.29 is 37.0 Å². The van der Waals surface area contributed by atoms with E-state index in [0.717, 1.165) is 0 Å². The fraction of sp³-hybridized carbons (Fsp3) is 0.448. The molecule has 0 spiro atoms. The number of nitrogens with zero attached hydrogens (tertiary/aromatic N) is 1. The van der Waals surface area contributed by atoms with Crippen LogP contribution in [-0.2, 0) is 17.5 Å². The zero-order valence-electron chi connectivity index (χ0n) is 22.7. The molecule has 1 heterocycles. The van der Waals surface area contributed by atoms with Crippen molar-refractivity contribution in [3.63, 3.8) is 0 Å². The topological polar surface area (TPSA) is 89.2 Å². The van der Waals surface area contributed by atoms with Crippen molar-refractivity contribution in [3.8, 4) is 17.2 Å². The van der Waals surface area contributed by atoms with Crippen LogP contribution in [0.15, 0.2) is 45.6 Å². The molecule has 0 amide bonds. The number of halogens is 3. The Balaban J connectivity index is 2.08. The maximum Gasteiger partial charge on any atom is 0.453 e. The molecule has 0 atom stereocenters. The molecule has 10 heteroatoms. The predicted molar refractivity (Wildman–Crippen MR) is 141 cm³/mol. The summed E-state index contributed by atoms with van der Waals surface area (Å²) in [6.07, 6.45) is -4.43. The maximum atomic E-state index is 14.1. The van der Waals surface area contributed by atoms with Gasteiger partial charge < -0.3 is 19.0 Å². The van der Waals surface area contributed by atoms with E-state index in [1.54, 1.807) is 0 Å². The van der Waals surface area contributed by atoms with E-state index >= 15 is 0 Å². The highest BCUT2D eigenvalue weighted by Gasteiger charge is 2.41. The second kappa shape index (κ2) is 12.5. The number of ether oxygens (including phenoxy) is 2. The molecule has 7 nitrogen and oxygen atoms in total. The van der Waals surface area contributed by atoms with Crippen LogP contribution in [0.2, 0.25) is 0 Å². The zero-order valence-corrected chi connectivity index (χ0v) is 22.7. The minimum Gasteiger partial charge on any atom is -0.507 e. The zero-order chi connectivity index (χ0) is 28.9. The van der Waals surface area contributed by atoms with E-state index in [1.807, 2.05) is 39.5 Å². The third kappa shape index (κ3) is 7.53. The van der Waals surface area contributed by atoms with Crippen molar-refractivity contribution in [3.05, 3.63) is 63.5 Å². The number of phenols is 1. The number of hydrogen-bond acceptors (Lipinski definition) is 7. The number of benzene rings is 2. The smallest absolute Gasteiger partial charge is 0.453 e. The number of carbonyl (C=O) groups excluding carboxylic acids is 1. The molecule has 39 heavy (non-hydrogen) atoms. The summed E-state index contributed by atoms with van der Waals surface area (Å²) in [5.41, 5.74) is -1.09. The number of rotatable bonds is 11. The van der Waals surface area contributed by atoms with Crippen molar-refractivity contribution in [2.75, 3.05) is 19.7 Å². The van der Waals surface area contributed by atoms with Crippen LogP contribution in [0.5, 0.6) is 17.2 Å². The first-order valence-electron chi connectivity index (χ1n) is 12.9. The number of fused-ring (bicyclic) bond motifs is 1. The first kappa shape index (κ1) is 30.0. The highest BCUT2D eigenvalue weighted by molar-refractivity contribution is 5.89. The van der Waals surface area contributed by atoms with Crippen molar-refractivity contribution in [1.29, 1.82) is 0 Å². The Labute approximate surface area is 225 Å². The van der Waals surface area contributed by atoms with E-state index in [4.69, 9.17) is 13.9 Å². The summed E-state index contributed by atoms with van der Waals surface area (Å²) in [6, 6.07) is 7.68. The number of phenolic OH excluding ortho intramolecular Hbond substituents is 1. The number of aromatic hydroxyl groups is 1. The molecule has 0 unspecified atom stereocenters. The Morgan fingerprint density at radius 3 is 2.18 bits per heavy atom. The molecule has 0 saturated heterocycles. The lowest BCUT2D eigenvalue weighted by molar-refractivity contribution is -0.154. The average molecular weight is 550 g/mol. The third-order valence-electron chi connectivity index (χ3n) is 5.73. The van der Waals surface area contributed by atoms with Gasteiger partial charge in [-0.2, -0.15) is 13.2 Å². The minimum atomic E-state index is -5.06. The molecule has 0 fully saturated rings. The van der Waals surface area contributed by atoms with Gasteiger partial charge in [0.1, 0.15) is 17.1 Å². The summed E-state index contributed by atoms with van der Waals surface area (Å²) in [5, 5.41) is 10.4. The van der Waals surface area contributed by atoms with Gasteiger partial charge in [-0.05, 0) is 54.7 Å². The lowest BCUT2D eigenvalue weighted by Gasteiger charge is -2.26. The normalized spacial score (nSPS) is 12.1. The average Bonchev–Trinajstić information content (AvgIpc) is 2.84. The summed E-state index contributed by atoms with van der Waals surface area (Å²) >= 11 is 0. The highest BCUT2D eigenvalue weighted by Crippen LogP contribution is 2.40. The molecular weight excluding hydrogens is 515 g/mol. The van der Waals surface area contributed by atoms with Crippen LogP contribution >= 0.6 is 0 Å². The summed E-state index contributed by atoms with van der Waals surface area (Å²) in [6.45, 7) is 11.5. The van der Waals surface area contributed by atoms with Crippen molar-refractivity contribution in [2.45, 2.75) is 53.8 Å². The van der Waals surface area contributed by atoms with Gasteiger partial charge in [-0.3, -0.25) is 9.69 Å². The molecule has 0 saturated carbocycles. The Bertz CT molecular complexity index is 1340. The molecule has 1 aromatic heterocycles. The van der Waals surface area contributed by atoms with E-state index in [0.29, 0.717) is 19.5 Å². The van der Waals surface area contributed by atoms with E-state index in [1.165, 1.54) is 36.4 Å². The van der Waals surface area contributed by atoms with Crippen LogP contribution in [0.3, 0.4) is 0 Å². The lowest BCUT2D eigenvalue weighted by Crippen LogP contribution is -2.31. The van der Waals surface area contributed by atoms with Gasteiger partial charge in [0, 0.05) is 19.6 Å². The van der Waals surface area contributed by atoms with Crippen LogP contribution in [0.4, 0.5) is 13.2 Å². The molecule has 3 rings (SSSR count). The predicted octanol–water partition coefficient (Wildman–Crippen LogP) is 6.99. The molecule has 1 N–H and O–H groups in total. The monoisotopic (exact) mass is 549 g/mol. The molecule has 2 aromatic carbocycles. The van der Waals surface area contributed by atoms with Gasteiger partial charge in [0.25, 0.3) is 5.76 Å². The van der Waals surface area contributed by atoms with Crippen molar-refractivity contribution in [2.24, 2.45) is 11.8 Å². The summed E-state index contributed by atoms with van der Waals surface area (Å²) < 4.78 is 58.2. The fourth-order valence-corrected chi connectivity index (χ4v) is 4.23. The Kier molecular flexibility index (Phi) is 9.66. The number of esters is 1. The van der Waals surface area contributed by atoms with E-state index in [2.05, 4.69) is 0 Å². The van der Waals surface area contributed by atoms with Crippen LogP contribution in [-0.4, -0.2) is 35.7 Å². The molecule has 0 aliphatic carbocycles. The fourth-order valence-electron chi connectivity index (χ4n) is 4.23. The summed E-state index contributed by atoms with van der Waals surface area (Å²) in [5.74, 6) is -3.07. The molecular formula is C29H34F3NO6. The molecule has 0 bridgehead atoms. The van der Waals surface area contributed by atoms with Crippen molar-refractivity contribution in [1.82, 2.24) is 4.90 Å². The van der Waals surface area contributed by atoms with Gasteiger partial charge in [-0.15, -0.1) is 0 Å². The van der Waals surface area contributed by atoms with E-state index < -0.39 is 29.1 Å². The second-order valence-corrected chi connectivity index (χ2v) is 10.3. The Morgan fingerprint density at radius 1 is 1.03 bits per heavy atom. The van der Waals surface area contributed by atoms with Crippen LogP contribution in [0.1, 0.15) is 62.7 Å². The Hall–Kier alpha value is -3.53. The van der Waals surface area contributed by atoms with Gasteiger partial charge in [-0.25, -0.2) is 4.79 Å². The maximum absolute atomic E-state index is 14.1. The lowest BCUT2D eigenvalue weighted by atomic mass is 10.1. The standard InChI is InChI=1S/C29H34F3NO6/c1-6-13-37-28(36)19-7-9-20(10-8-19)38-26-24(35)21-11-12-23(34)22(25(21)39-27(26)29(30,31)32)16-33(14-17(2)3)15-18(4)5/h7-12,17-18,34H,6,13-16H2,1-5H3. The molecule has 0 aliphatic heterocycles. The Morgan fingerprint density at radius 2 is 1.64 bits per heavy atom. The minimum absolute atomic E-state index is 0.0928. The molecule has 212 valence electrons. The number of carbonyl (C=O) groups is 1. The van der Waals surface area contributed by atoms with Gasteiger partial charge in [-0.1, -0.05) is 34.6 Å². The van der Waals surface area contributed by atoms with Gasteiger partial charge in [0.15, 0.2) is 0 Å². The van der Waals surface area contributed by atoms with Gasteiger partial charge >= 0.3 is 12.1 Å². The van der Waals surface area contributed by atoms with Gasteiger partial charge in [0.05, 0.1) is 23.1 Å². The number of alkyl halides is 3. The second-order valence-electron chi connectivity index (χ2n) is 10.3. The van der Waals surface area contributed by atoms with Crippen LogP contribution in [0.25, 0.3) is 11.0 Å². The van der Waals surface area contributed by atoms with Gasteiger partial charge in [0.2, 0.25) is 11.2 Å². The first-order valence-corrected chi connectivity index (χ1v) is 12.9. The third-order valence-corrected chi connectivity index (χ3v) is 5.73. The SMILES string of the molecule is CCCOC(=O)c1ccc(Oc2c(C(F)(F)F)oc3c(CN(CC(C)C)CC(C)C)c(O)ccc3c2=O)cc1. The van der Waals surface area contributed by atoms with Crippen LogP contribution < -0.4 is 10.2 Å². The first-order chi connectivity index (χ1) is 18.3. The van der Waals surface area contributed by atoms with E-state index in [9.17, 15) is 27.9 Å². The number of hydrogen-bond donors (Lipinski definition) is 1.